The van der Waals surface area contributed by atoms with Crippen LogP contribution in [0.3, 0.4) is 0 Å². The highest BCUT2D eigenvalue weighted by molar-refractivity contribution is 8.27. The van der Waals surface area contributed by atoms with Crippen LogP contribution in [0.15, 0.2) is 47.4 Å². The van der Waals surface area contributed by atoms with Crippen molar-refractivity contribution in [3.63, 3.8) is 0 Å². The largest absolute Gasteiger partial charge is 0.493 e. The number of ether oxygens (including phenoxy) is 3. The number of halogens is 2. The highest BCUT2D eigenvalue weighted by atomic mass is 32.2. The molecule has 1 heterocycles. The summed E-state index contributed by atoms with van der Waals surface area (Å²) < 4.78 is 40.6. The van der Waals surface area contributed by atoms with Crippen molar-refractivity contribution < 1.29 is 27.8 Å². The van der Waals surface area contributed by atoms with Gasteiger partial charge in [0.25, 0.3) is 5.91 Å². The minimum Gasteiger partial charge on any atom is -0.493 e. The molecule has 0 atom stereocenters. The molecule has 1 aliphatic rings. The number of thioether (sulfide) groups is 1. The third kappa shape index (κ3) is 4.10. The van der Waals surface area contributed by atoms with Gasteiger partial charge in [-0.05, 0) is 35.9 Å². The second kappa shape index (κ2) is 8.57. The molecule has 0 spiro atoms. The fourth-order valence-corrected chi connectivity index (χ4v) is 3.89. The van der Waals surface area contributed by atoms with Crippen LogP contribution in [0.25, 0.3) is 6.08 Å². The number of alkyl halides is 2. The summed E-state index contributed by atoms with van der Waals surface area (Å²) in [4.78, 5) is 14.4. The molecule has 146 valence electrons. The zero-order valence-corrected chi connectivity index (χ0v) is 16.5. The first kappa shape index (κ1) is 20.1. The molecule has 2 aromatic carbocycles. The lowest BCUT2D eigenvalue weighted by Gasteiger charge is -2.18. The Morgan fingerprint density at radius 1 is 1.07 bits per heavy atom. The lowest BCUT2D eigenvalue weighted by atomic mass is 10.2. The van der Waals surface area contributed by atoms with Gasteiger partial charge in [0.2, 0.25) is 0 Å². The van der Waals surface area contributed by atoms with Gasteiger partial charge in [-0.25, -0.2) is 0 Å². The molecule has 0 aliphatic carbocycles. The van der Waals surface area contributed by atoms with Crippen LogP contribution in [-0.2, 0) is 4.79 Å². The van der Waals surface area contributed by atoms with E-state index < -0.39 is 12.5 Å². The summed E-state index contributed by atoms with van der Waals surface area (Å²) in [5.41, 5.74) is 0.872. The van der Waals surface area contributed by atoms with Gasteiger partial charge in [0.1, 0.15) is 5.75 Å². The molecule has 28 heavy (non-hydrogen) atoms. The summed E-state index contributed by atoms with van der Waals surface area (Å²) in [5.74, 6) is 0.531. The van der Waals surface area contributed by atoms with E-state index in [1.54, 1.807) is 36.4 Å². The molecular formula is C19H15F2NO4S2. The van der Waals surface area contributed by atoms with Gasteiger partial charge in [-0.1, -0.05) is 42.2 Å². The van der Waals surface area contributed by atoms with Gasteiger partial charge in [-0.15, -0.1) is 0 Å². The molecule has 1 fully saturated rings. The number of amides is 1. The molecule has 2 aromatic rings. The number of hydrogen-bond acceptors (Lipinski definition) is 6. The van der Waals surface area contributed by atoms with E-state index >= 15 is 0 Å². The van der Waals surface area contributed by atoms with Crippen molar-refractivity contribution in [1.29, 1.82) is 0 Å². The fourth-order valence-electron chi connectivity index (χ4n) is 2.61. The van der Waals surface area contributed by atoms with Crippen LogP contribution in [0, 0.1) is 0 Å². The number of thiocarbonyl (C=S) groups is 1. The van der Waals surface area contributed by atoms with Crippen LogP contribution >= 0.6 is 24.0 Å². The van der Waals surface area contributed by atoms with E-state index in [4.69, 9.17) is 21.7 Å². The standard InChI is InChI=1S/C19H15F2NO4S2/c1-24-14-8-7-11(9-15(14)25-2)10-16-17(23)22(19(27)28-16)12-5-3-4-6-13(12)26-18(20)21/h3-10,18H,1-2H3/b16-10-. The SMILES string of the molecule is COc1ccc(/C=C2\SC(=S)N(c3ccccc3OC(F)F)C2=O)cc1OC. The normalized spacial score (nSPS) is 15.5. The minimum atomic E-state index is -3.01. The van der Waals surface area contributed by atoms with E-state index in [0.29, 0.717) is 22.0 Å². The van der Waals surface area contributed by atoms with Crippen molar-refractivity contribution in [1.82, 2.24) is 0 Å². The first-order valence-corrected chi connectivity index (χ1v) is 9.21. The average molecular weight is 423 g/mol. The number of carbonyl (C=O) groups is 1. The molecule has 0 bridgehead atoms. The molecule has 1 amide bonds. The quantitative estimate of drug-likeness (QED) is 0.495. The Kier molecular flexibility index (Phi) is 6.15. The highest BCUT2D eigenvalue weighted by Crippen LogP contribution is 2.40. The zero-order chi connectivity index (χ0) is 20.3. The summed E-state index contributed by atoms with van der Waals surface area (Å²) in [6, 6.07) is 11.2. The topological polar surface area (TPSA) is 48.0 Å². The zero-order valence-electron chi connectivity index (χ0n) is 14.8. The summed E-state index contributed by atoms with van der Waals surface area (Å²) in [7, 11) is 3.04. The molecule has 5 nitrogen and oxygen atoms in total. The number of nitrogens with zero attached hydrogens (tertiary/aromatic N) is 1. The van der Waals surface area contributed by atoms with E-state index in [2.05, 4.69) is 4.74 Å². The maximum absolute atomic E-state index is 12.9. The maximum Gasteiger partial charge on any atom is 0.387 e. The van der Waals surface area contributed by atoms with Crippen molar-refractivity contribution in [3.05, 3.63) is 52.9 Å². The van der Waals surface area contributed by atoms with Gasteiger partial charge in [0, 0.05) is 0 Å². The van der Waals surface area contributed by atoms with Crippen molar-refractivity contribution >= 4 is 46.0 Å². The minimum absolute atomic E-state index is 0.124. The molecule has 0 aromatic heterocycles. The van der Waals surface area contributed by atoms with E-state index in [1.807, 2.05) is 0 Å². The Labute approximate surface area is 169 Å². The average Bonchev–Trinajstić information content (AvgIpc) is 2.95. The smallest absolute Gasteiger partial charge is 0.387 e. The van der Waals surface area contributed by atoms with E-state index in [9.17, 15) is 13.6 Å². The van der Waals surface area contributed by atoms with E-state index in [-0.39, 0.29) is 15.8 Å². The molecular weight excluding hydrogens is 408 g/mol. The number of rotatable bonds is 6. The Morgan fingerprint density at radius 2 is 1.79 bits per heavy atom. The van der Waals surface area contributed by atoms with Crippen molar-refractivity contribution in [3.8, 4) is 17.2 Å². The van der Waals surface area contributed by atoms with Crippen molar-refractivity contribution in [2.24, 2.45) is 0 Å². The number of anilines is 1. The Hall–Kier alpha value is -2.65. The second-order valence-corrected chi connectivity index (χ2v) is 7.15. The van der Waals surface area contributed by atoms with Gasteiger partial charge >= 0.3 is 6.61 Å². The molecule has 3 rings (SSSR count). The van der Waals surface area contributed by atoms with Crippen LogP contribution in [0.2, 0.25) is 0 Å². The molecule has 1 saturated heterocycles. The number of methoxy groups -OCH3 is 2. The van der Waals surface area contributed by atoms with E-state index in [0.717, 1.165) is 11.8 Å². The summed E-state index contributed by atoms with van der Waals surface area (Å²) in [6.07, 6.45) is 1.65. The molecule has 0 saturated carbocycles. The summed E-state index contributed by atoms with van der Waals surface area (Å²) in [6.45, 7) is -3.01. The van der Waals surface area contributed by atoms with Crippen LogP contribution in [-0.4, -0.2) is 31.1 Å². The van der Waals surface area contributed by atoms with Gasteiger partial charge in [0.05, 0.1) is 24.8 Å². The lowest BCUT2D eigenvalue weighted by Crippen LogP contribution is -2.28. The fraction of sp³-hybridized carbons (Fsp3) is 0.158. The molecule has 0 radical (unpaired) electrons. The number of benzene rings is 2. The number of para-hydroxylation sites is 2. The number of hydrogen-bond donors (Lipinski definition) is 0. The molecule has 1 aliphatic heterocycles. The molecule has 0 unspecified atom stereocenters. The first-order valence-electron chi connectivity index (χ1n) is 7.98. The summed E-state index contributed by atoms with van der Waals surface area (Å²) in [5, 5.41) is 0. The van der Waals surface area contributed by atoms with Gasteiger partial charge in [0.15, 0.2) is 15.8 Å². The first-order chi connectivity index (χ1) is 13.4. The Balaban J connectivity index is 1.94. The summed E-state index contributed by atoms with van der Waals surface area (Å²) >= 11 is 6.37. The molecule has 9 heteroatoms. The van der Waals surface area contributed by atoms with Gasteiger partial charge < -0.3 is 14.2 Å². The molecule has 0 N–H and O–H groups in total. The lowest BCUT2D eigenvalue weighted by molar-refractivity contribution is -0.113. The highest BCUT2D eigenvalue weighted by Gasteiger charge is 2.35. The second-order valence-electron chi connectivity index (χ2n) is 5.48. The van der Waals surface area contributed by atoms with Crippen molar-refractivity contribution in [2.75, 3.05) is 19.1 Å². The van der Waals surface area contributed by atoms with E-state index in [1.165, 1.54) is 31.3 Å². The maximum atomic E-state index is 12.9. The number of carbonyl (C=O) groups excluding carboxylic acids is 1. The van der Waals surface area contributed by atoms with Crippen LogP contribution in [0.5, 0.6) is 17.2 Å². The van der Waals surface area contributed by atoms with Crippen LogP contribution in [0.1, 0.15) is 5.56 Å². The Morgan fingerprint density at radius 3 is 2.46 bits per heavy atom. The predicted octanol–water partition coefficient (Wildman–Crippen LogP) is 4.71. The van der Waals surface area contributed by atoms with Crippen LogP contribution in [0.4, 0.5) is 14.5 Å². The van der Waals surface area contributed by atoms with Gasteiger partial charge in [-0.2, -0.15) is 8.78 Å². The van der Waals surface area contributed by atoms with Gasteiger partial charge in [-0.3, -0.25) is 9.69 Å². The van der Waals surface area contributed by atoms with Crippen molar-refractivity contribution in [2.45, 2.75) is 6.61 Å². The monoisotopic (exact) mass is 423 g/mol. The third-order valence-electron chi connectivity index (χ3n) is 3.82. The predicted molar refractivity (Wildman–Crippen MR) is 108 cm³/mol. The third-order valence-corrected chi connectivity index (χ3v) is 5.12. The Bertz CT molecular complexity index is 949. The van der Waals surface area contributed by atoms with Crippen LogP contribution < -0.4 is 19.1 Å².